The van der Waals surface area contributed by atoms with Crippen molar-refractivity contribution >= 4 is 0 Å². The Bertz CT molecular complexity index is 604. The van der Waals surface area contributed by atoms with Gasteiger partial charge in [-0.25, -0.2) is 0 Å². The van der Waals surface area contributed by atoms with E-state index in [0.29, 0.717) is 11.5 Å². The molecule has 2 aliphatic heterocycles. The van der Waals surface area contributed by atoms with E-state index in [4.69, 9.17) is 4.74 Å². The van der Waals surface area contributed by atoms with Gasteiger partial charge in [-0.2, -0.15) is 0 Å². The molecule has 2 aliphatic rings. The summed E-state index contributed by atoms with van der Waals surface area (Å²) in [4.78, 5) is 2.55. The van der Waals surface area contributed by atoms with Gasteiger partial charge in [0.15, 0.2) is 0 Å². The number of hydrogen-bond acceptors (Lipinski definition) is 2. The van der Waals surface area contributed by atoms with E-state index in [2.05, 4.69) is 65.6 Å². The lowest BCUT2D eigenvalue weighted by atomic mass is 9.77. The molecule has 0 N–H and O–H groups in total. The van der Waals surface area contributed by atoms with Crippen molar-refractivity contribution in [2.24, 2.45) is 5.41 Å². The third kappa shape index (κ3) is 2.94. The highest BCUT2D eigenvalue weighted by Crippen LogP contribution is 2.42. The minimum absolute atomic E-state index is 0.404. The molecule has 0 saturated carbocycles. The molecule has 1 unspecified atom stereocenters. The van der Waals surface area contributed by atoms with Crippen LogP contribution in [0.15, 0.2) is 60.7 Å². The average Bonchev–Trinajstić information content (AvgIpc) is 2.93. The van der Waals surface area contributed by atoms with Crippen LogP contribution in [0.4, 0.5) is 0 Å². The highest BCUT2D eigenvalue weighted by Gasteiger charge is 2.48. The van der Waals surface area contributed by atoms with E-state index in [1.54, 1.807) is 0 Å². The van der Waals surface area contributed by atoms with Crippen LogP contribution >= 0.6 is 0 Å². The van der Waals surface area contributed by atoms with Crippen LogP contribution in [0, 0.1) is 5.41 Å². The van der Waals surface area contributed by atoms with Gasteiger partial charge in [0.25, 0.3) is 0 Å². The summed E-state index contributed by atoms with van der Waals surface area (Å²) >= 11 is 0. The molecule has 0 bridgehead atoms. The van der Waals surface area contributed by atoms with E-state index in [0.717, 1.165) is 19.6 Å². The van der Waals surface area contributed by atoms with E-state index in [-0.39, 0.29) is 0 Å². The highest BCUT2D eigenvalue weighted by molar-refractivity contribution is 5.18. The van der Waals surface area contributed by atoms with E-state index in [1.165, 1.54) is 30.6 Å². The van der Waals surface area contributed by atoms with Gasteiger partial charge in [0, 0.05) is 25.0 Å². The summed E-state index contributed by atoms with van der Waals surface area (Å²) < 4.78 is 6.09. The average molecular weight is 293 g/mol. The molecule has 2 nitrogen and oxygen atoms in total. The van der Waals surface area contributed by atoms with Crippen molar-refractivity contribution < 1.29 is 4.74 Å². The number of nitrogens with zero attached hydrogens (tertiary/aromatic N) is 1. The number of rotatable bonds is 4. The number of benzene rings is 2. The molecule has 2 aromatic rings. The Morgan fingerprint density at radius 2 is 1.55 bits per heavy atom. The van der Waals surface area contributed by atoms with Gasteiger partial charge < -0.3 is 4.74 Å². The molecule has 22 heavy (non-hydrogen) atoms. The fourth-order valence-electron chi connectivity index (χ4n) is 3.98. The van der Waals surface area contributed by atoms with Gasteiger partial charge in [-0.15, -0.1) is 0 Å². The fraction of sp³-hybridized carbons (Fsp3) is 0.400. The Morgan fingerprint density at radius 1 is 0.909 bits per heavy atom. The monoisotopic (exact) mass is 293 g/mol. The van der Waals surface area contributed by atoms with Gasteiger partial charge in [0.2, 0.25) is 0 Å². The third-order valence-corrected chi connectivity index (χ3v) is 4.96. The maximum atomic E-state index is 6.09. The smallest absolute Gasteiger partial charge is 0.0622 e. The van der Waals surface area contributed by atoms with Crippen molar-refractivity contribution in [3.8, 4) is 0 Å². The Balaban J connectivity index is 1.29. The number of hydrogen-bond donors (Lipinski definition) is 0. The molecule has 2 heteroatoms. The van der Waals surface area contributed by atoms with Gasteiger partial charge in [-0.05, 0) is 24.0 Å². The van der Waals surface area contributed by atoms with E-state index < -0.39 is 0 Å². The Hall–Kier alpha value is -1.64. The largest absolute Gasteiger partial charge is 0.377 e. The minimum atomic E-state index is 0.404. The fourth-order valence-corrected chi connectivity index (χ4v) is 3.98. The molecule has 2 fully saturated rings. The molecule has 114 valence electrons. The first-order valence-electron chi connectivity index (χ1n) is 8.23. The number of likely N-dealkylation sites (tertiary alicyclic amines) is 1. The first-order valence-corrected chi connectivity index (χ1v) is 8.23. The Morgan fingerprint density at radius 3 is 2.23 bits per heavy atom. The van der Waals surface area contributed by atoms with Gasteiger partial charge >= 0.3 is 0 Å². The van der Waals surface area contributed by atoms with Crippen LogP contribution in [-0.2, 0) is 17.7 Å². The van der Waals surface area contributed by atoms with E-state index in [1.807, 2.05) is 0 Å². The summed E-state index contributed by atoms with van der Waals surface area (Å²) in [6.45, 7) is 4.39. The Kier molecular flexibility index (Phi) is 3.73. The van der Waals surface area contributed by atoms with E-state index >= 15 is 0 Å². The van der Waals surface area contributed by atoms with E-state index in [9.17, 15) is 0 Å². The Labute approximate surface area is 132 Å². The van der Waals surface area contributed by atoms with Crippen LogP contribution < -0.4 is 0 Å². The standard InChI is InChI=1S/C20H23NO/c1-3-7-17(8-4-1)11-19-12-20(16-22-19)14-21(15-20)13-18-9-5-2-6-10-18/h1-10,19H,11-16H2. The molecule has 2 heterocycles. The molecule has 0 radical (unpaired) electrons. The molecule has 4 rings (SSSR count). The van der Waals surface area contributed by atoms with Crippen LogP contribution in [-0.4, -0.2) is 30.7 Å². The lowest BCUT2D eigenvalue weighted by Gasteiger charge is -2.47. The molecule has 0 amide bonds. The molecule has 1 spiro atoms. The van der Waals surface area contributed by atoms with Crippen LogP contribution in [0.25, 0.3) is 0 Å². The molecule has 1 atom stereocenters. The SMILES string of the molecule is c1ccc(CC2CC3(CO2)CN(Cc2ccccc2)C3)cc1. The quantitative estimate of drug-likeness (QED) is 0.855. The zero-order chi connectivity index (χ0) is 14.8. The summed E-state index contributed by atoms with van der Waals surface area (Å²) in [5, 5.41) is 0. The second-order valence-electron chi connectivity index (χ2n) is 6.96. The van der Waals surface area contributed by atoms with Gasteiger partial charge in [-0.1, -0.05) is 60.7 Å². The van der Waals surface area contributed by atoms with Crippen molar-refractivity contribution in [3.05, 3.63) is 71.8 Å². The normalized spacial score (nSPS) is 23.5. The molecule has 2 saturated heterocycles. The lowest BCUT2D eigenvalue weighted by Crippen LogP contribution is -2.56. The maximum Gasteiger partial charge on any atom is 0.0622 e. The number of ether oxygens (including phenoxy) is 1. The van der Waals surface area contributed by atoms with Gasteiger partial charge in [-0.3, -0.25) is 4.90 Å². The van der Waals surface area contributed by atoms with Crippen LogP contribution in [0.5, 0.6) is 0 Å². The summed E-state index contributed by atoms with van der Waals surface area (Å²) in [6, 6.07) is 21.5. The second-order valence-corrected chi connectivity index (χ2v) is 6.96. The maximum absolute atomic E-state index is 6.09. The molecule has 0 aromatic heterocycles. The first-order chi connectivity index (χ1) is 10.8. The lowest BCUT2D eigenvalue weighted by molar-refractivity contribution is -0.0140. The van der Waals surface area contributed by atoms with Crippen molar-refractivity contribution in [1.82, 2.24) is 4.90 Å². The summed E-state index contributed by atoms with van der Waals surface area (Å²) in [5.41, 5.74) is 3.23. The topological polar surface area (TPSA) is 12.5 Å². The minimum Gasteiger partial charge on any atom is -0.377 e. The highest BCUT2D eigenvalue weighted by atomic mass is 16.5. The predicted octanol–water partition coefficient (Wildman–Crippen LogP) is 3.52. The first kappa shape index (κ1) is 14.0. The molecule has 0 aliphatic carbocycles. The van der Waals surface area contributed by atoms with Gasteiger partial charge in [0.1, 0.15) is 0 Å². The van der Waals surface area contributed by atoms with Crippen LogP contribution in [0.2, 0.25) is 0 Å². The summed E-state index contributed by atoms with van der Waals surface area (Å²) in [6.07, 6.45) is 2.68. The zero-order valence-electron chi connectivity index (χ0n) is 12.9. The molecular formula is C20H23NO. The van der Waals surface area contributed by atoms with Crippen LogP contribution in [0.1, 0.15) is 17.5 Å². The zero-order valence-corrected chi connectivity index (χ0v) is 12.9. The van der Waals surface area contributed by atoms with Gasteiger partial charge in [0.05, 0.1) is 12.7 Å². The molecular weight excluding hydrogens is 270 g/mol. The van der Waals surface area contributed by atoms with Crippen molar-refractivity contribution in [1.29, 1.82) is 0 Å². The van der Waals surface area contributed by atoms with Crippen molar-refractivity contribution in [2.45, 2.75) is 25.5 Å². The predicted molar refractivity (Wildman–Crippen MR) is 88.7 cm³/mol. The van der Waals surface area contributed by atoms with Crippen molar-refractivity contribution in [3.63, 3.8) is 0 Å². The van der Waals surface area contributed by atoms with Crippen molar-refractivity contribution in [2.75, 3.05) is 19.7 Å². The van der Waals surface area contributed by atoms with Crippen LogP contribution in [0.3, 0.4) is 0 Å². The molecule has 2 aromatic carbocycles. The third-order valence-electron chi connectivity index (χ3n) is 4.96. The second kappa shape index (κ2) is 5.86. The summed E-state index contributed by atoms with van der Waals surface area (Å²) in [7, 11) is 0. The summed E-state index contributed by atoms with van der Waals surface area (Å²) in [5.74, 6) is 0.